The van der Waals surface area contributed by atoms with Crippen LogP contribution in [0.1, 0.15) is 36.0 Å². The van der Waals surface area contributed by atoms with Crippen molar-refractivity contribution in [2.24, 2.45) is 5.73 Å². The van der Waals surface area contributed by atoms with Crippen molar-refractivity contribution in [2.75, 3.05) is 0 Å². The maximum absolute atomic E-state index is 12.9. The van der Waals surface area contributed by atoms with Gasteiger partial charge in [-0.2, -0.15) is 18.2 Å². The lowest BCUT2D eigenvalue weighted by molar-refractivity contribution is -0.159. The molecule has 23 heavy (non-hydrogen) atoms. The van der Waals surface area contributed by atoms with Gasteiger partial charge in [0.15, 0.2) is 5.82 Å². The second kappa shape index (κ2) is 6.76. The minimum absolute atomic E-state index is 0.0975. The maximum atomic E-state index is 12.9. The first-order valence-electron chi connectivity index (χ1n) is 6.72. The molecule has 0 aliphatic heterocycles. The highest BCUT2D eigenvalue weighted by atomic mass is 19.4. The quantitative estimate of drug-likeness (QED) is 0.825. The van der Waals surface area contributed by atoms with Crippen LogP contribution in [0.5, 0.6) is 0 Å². The second-order valence-electron chi connectivity index (χ2n) is 4.91. The molecule has 0 saturated heterocycles. The van der Waals surface area contributed by atoms with Gasteiger partial charge in [0, 0.05) is 6.42 Å². The Kier molecular flexibility index (Phi) is 4.97. The first-order chi connectivity index (χ1) is 10.8. The van der Waals surface area contributed by atoms with Crippen LogP contribution in [0.25, 0.3) is 0 Å². The van der Waals surface area contributed by atoms with Gasteiger partial charge in [-0.25, -0.2) is 4.39 Å². The van der Waals surface area contributed by atoms with Crippen LogP contribution in [0, 0.1) is 5.82 Å². The molecular formula is C14H13F4N3O2. The molecule has 0 spiro atoms. The number of halogens is 4. The zero-order valence-corrected chi connectivity index (χ0v) is 11.8. The highest BCUT2D eigenvalue weighted by Gasteiger charge is 2.38. The minimum atomic E-state index is -4.69. The molecule has 1 aromatic heterocycles. The van der Waals surface area contributed by atoms with Crippen LogP contribution in [0.4, 0.5) is 17.6 Å². The largest absolute Gasteiger partial charge is 0.471 e. The number of primary amides is 1. The van der Waals surface area contributed by atoms with E-state index in [1.807, 2.05) is 0 Å². The average Bonchev–Trinajstić information content (AvgIpc) is 2.93. The summed E-state index contributed by atoms with van der Waals surface area (Å²) in [6.07, 6.45) is -3.99. The molecule has 124 valence electrons. The number of benzene rings is 1. The fourth-order valence-electron chi connectivity index (χ4n) is 2.10. The number of hydrogen-bond acceptors (Lipinski definition) is 4. The molecule has 0 fully saturated rings. The third-order valence-electron chi connectivity index (χ3n) is 3.22. The van der Waals surface area contributed by atoms with E-state index in [1.165, 1.54) is 24.3 Å². The van der Waals surface area contributed by atoms with Crippen LogP contribution in [-0.4, -0.2) is 16.0 Å². The Balaban J connectivity index is 1.96. The van der Waals surface area contributed by atoms with Crippen molar-refractivity contribution >= 4 is 5.91 Å². The van der Waals surface area contributed by atoms with Gasteiger partial charge in [-0.05, 0) is 30.5 Å². The molecule has 0 aliphatic rings. The Labute approximate surface area is 128 Å². The van der Waals surface area contributed by atoms with Gasteiger partial charge in [-0.3, -0.25) is 4.79 Å². The molecule has 0 saturated carbocycles. The number of carbonyl (C=O) groups is 1. The standard InChI is InChI=1S/C14H13F4N3O2/c15-9-6-4-8(5-7-9)10(12(19)22)2-1-3-11-20-13(23-21-11)14(16,17)18/h4-7,10H,1-3H2,(H2,19,22). The van der Waals surface area contributed by atoms with E-state index in [-0.39, 0.29) is 18.7 Å². The van der Waals surface area contributed by atoms with E-state index in [0.717, 1.165) is 0 Å². The Bertz CT molecular complexity index is 667. The van der Waals surface area contributed by atoms with Gasteiger partial charge in [-0.1, -0.05) is 17.3 Å². The van der Waals surface area contributed by atoms with Gasteiger partial charge in [-0.15, -0.1) is 0 Å². The lowest BCUT2D eigenvalue weighted by Crippen LogP contribution is -2.21. The van der Waals surface area contributed by atoms with Crippen molar-refractivity contribution in [3.05, 3.63) is 47.4 Å². The summed E-state index contributed by atoms with van der Waals surface area (Å²) in [6.45, 7) is 0. The Morgan fingerprint density at radius 1 is 1.26 bits per heavy atom. The molecule has 0 radical (unpaired) electrons. The van der Waals surface area contributed by atoms with E-state index in [4.69, 9.17) is 5.73 Å². The number of amides is 1. The topological polar surface area (TPSA) is 82.0 Å². The third kappa shape index (κ3) is 4.51. The SMILES string of the molecule is NC(=O)C(CCCc1noc(C(F)(F)F)n1)c1ccc(F)cc1. The number of aromatic nitrogens is 2. The fourth-order valence-corrected chi connectivity index (χ4v) is 2.10. The highest BCUT2D eigenvalue weighted by Crippen LogP contribution is 2.28. The number of alkyl halides is 3. The molecule has 9 heteroatoms. The molecule has 2 rings (SSSR count). The molecule has 2 N–H and O–H groups in total. The third-order valence-corrected chi connectivity index (χ3v) is 3.22. The summed E-state index contributed by atoms with van der Waals surface area (Å²) in [7, 11) is 0. The van der Waals surface area contributed by atoms with E-state index in [0.29, 0.717) is 12.0 Å². The van der Waals surface area contributed by atoms with Gasteiger partial charge in [0.25, 0.3) is 0 Å². The van der Waals surface area contributed by atoms with E-state index < -0.39 is 29.7 Å². The van der Waals surface area contributed by atoms with Crippen LogP contribution >= 0.6 is 0 Å². The number of aryl methyl sites for hydroxylation is 1. The van der Waals surface area contributed by atoms with Gasteiger partial charge < -0.3 is 10.3 Å². The van der Waals surface area contributed by atoms with Gasteiger partial charge in [0.05, 0.1) is 5.92 Å². The van der Waals surface area contributed by atoms with Crippen LogP contribution in [0.2, 0.25) is 0 Å². The monoisotopic (exact) mass is 331 g/mol. The van der Waals surface area contributed by atoms with Crippen LogP contribution in [0.3, 0.4) is 0 Å². The number of nitrogens with zero attached hydrogens (tertiary/aromatic N) is 2. The summed E-state index contributed by atoms with van der Waals surface area (Å²) < 4.78 is 54.0. The van der Waals surface area contributed by atoms with E-state index in [9.17, 15) is 22.4 Å². The Morgan fingerprint density at radius 2 is 1.91 bits per heavy atom. The molecule has 1 heterocycles. The number of rotatable bonds is 6. The summed E-state index contributed by atoms with van der Waals surface area (Å²) in [5.74, 6) is -3.20. The zero-order valence-electron chi connectivity index (χ0n) is 11.8. The van der Waals surface area contributed by atoms with E-state index in [2.05, 4.69) is 14.7 Å². The van der Waals surface area contributed by atoms with Gasteiger partial charge in [0.1, 0.15) is 5.82 Å². The van der Waals surface area contributed by atoms with Crippen molar-refractivity contribution in [3.63, 3.8) is 0 Å². The molecule has 1 unspecified atom stereocenters. The predicted octanol–water partition coefficient (Wildman–Crippen LogP) is 2.82. The van der Waals surface area contributed by atoms with Crippen LogP contribution < -0.4 is 5.73 Å². The zero-order chi connectivity index (χ0) is 17.0. The highest BCUT2D eigenvalue weighted by molar-refractivity contribution is 5.81. The van der Waals surface area contributed by atoms with E-state index in [1.54, 1.807) is 0 Å². The summed E-state index contributed by atoms with van der Waals surface area (Å²) in [4.78, 5) is 14.7. The van der Waals surface area contributed by atoms with Crippen molar-refractivity contribution in [2.45, 2.75) is 31.4 Å². The van der Waals surface area contributed by atoms with Crippen LogP contribution in [-0.2, 0) is 17.4 Å². The first kappa shape index (κ1) is 16.9. The van der Waals surface area contributed by atoms with Gasteiger partial charge in [0.2, 0.25) is 5.91 Å². The lowest BCUT2D eigenvalue weighted by Gasteiger charge is -2.13. The van der Waals surface area contributed by atoms with Gasteiger partial charge >= 0.3 is 12.1 Å². The van der Waals surface area contributed by atoms with Crippen molar-refractivity contribution in [1.82, 2.24) is 10.1 Å². The molecule has 1 atom stereocenters. The van der Waals surface area contributed by atoms with Crippen LogP contribution in [0.15, 0.2) is 28.8 Å². The Morgan fingerprint density at radius 3 is 2.43 bits per heavy atom. The molecule has 0 aliphatic carbocycles. The fraction of sp³-hybridized carbons (Fsp3) is 0.357. The van der Waals surface area contributed by atoms with Crippen molar-refractivity contribution in [3.8, 4) is 0 Å². The van der Waals surface area contributed by atoms with Crippen molar-refractivity contribution < 1.29 is 26.9 Å². The van der Waals surface area contributed by atoms with Crippen molar-refractivity contribution in [1.29, 1.82) is 0 Å². The molecule has 2 aromatic rings. The first-order valence-corrected chi connectivity index (χ1v) is 6.72. The van der Waals surface area contributed by atoms with E-state index >= 15 is 0 Å². The predicted molar refractivity (Wildman–Crippen MR) is 70.6 cm³/mol. The molecular weight excluding hydrogens is 318 g/mol. The molecule has 0 bridgehead atoms. The summed E-state index contributed by atoms with van der Waals surface area (Å²) >= 11 is 0. The summed E-state index contributed by atoms with van der Waals surface area (Å²) in [6, 6.07) is 5.31. The number of hydrogen-bond donors (Lipinski definition) is 1. The number of nitrogens with two attached hydrogens (primary N) is 1. The summed E-state index contributed by atoms with van der Waals surface area (Å²) in [5, 5.41) is 3.24. The maximum Gasteiger partial charge on any atom is 0.471 e. The molecule has 1 amide bonds. The number of carbonyl (C=O) groups excluding carboxylic acids is 1. The second-order valence-corrected chi connectivity index (χ2v) is 4.91. The molecule has 5 nitrogen and oxygen atoms in total. The summed E-state index contributed by atoms with van der Waals surface area (Å²) in [5.41, 5.74) is 5.86. The smallest absolute Gasteiger partial charge is 0.369 e. The Hall–Kier alpha value is -2.45. The normalized spacial score (nSPS) is 13.0. The molecule has 1 aromatic carbocycles. The minimum Gasteiger partial charge on any atom is -0.369 e. The average molecular weight is 331 g/mol. The lowest BCUT2D eigenvalue weighted by atomic mass is 9.93.